The van der Waals surface area contributed by atoms with Gasteiger partial charge in [-0.15, -0.1) is 0 Å². The molecule has 2 aliphatic rings. The lowest BCUT2D eigenvalue weighted by atomic mass is 10.1. The molecule has 2 saturated heterocycles. The number of ether oxygens (including phenoxy) is 3. The molecule has 10 heteroatoms. The maximum Gasteiger partial charge on any atom is 0.322 e. The van der Waals surface area contributed by atoms with Crippen LogP contribution in [0.2, 0.25) is 0 Å². The van der Waals surface area contributed by atoms with Crippen LogP contribution in [0.25, 0.3) is 0 Å². The van der Waals surface area contributed by atoms with E-state index >= 15 is 0 Å². The van der Waals surface area contributed by atoms with Gasteiger partial charge >= 0.3 is 6.03 Å². The van der Waals surface area contributed by atoms with Crippen LogP contribution < -0.4 is 10.1 Å². The molecule has 0 aliphatic carbocycles. The second-order valence-electron chi connectivity index (χ2n) is 7.96. The lowest BCUT2D eigenvalue weighted by Crippen LogP contribution is -2.64. The molecule has 3 heterocycles. The third-order valence-electron chi connectivity index (χ3n) is 5.76. The molecule has 0 bridgehead atoms. The molecule has 0 radical (unpaired) electrons. The van der Waals surface area contributed by atoms with Crippen LogP contribution in [-0.4, -0.2) is 79.2 Å². The summed E-state index contributed by atoms with van der Waals surface area (Å²) in [6, 6.07) is 7.18. The van der Waals surface area contributed by atoms with Gasteiger partial charge in [0.1, 0.15) is 17.1 Å². The third kappa shape index (κ3) is 4.56. The van der Waals surface area contributed by atoms with Gasteiger partial charge in [0, 0.05) is 18.7 Å². The molecule has 0 saturated carbocycles. The van der Waals surface area contributed by atoms with Crippen molar-refractivity contribution in [2.45, 2.75) is 26.1 Å². The van der Waals surface area contributed by atoms with E-state index in [0.29, 0.717) is 49.2 Å². The van der Waals surface area contributed by atoms with Crippen LogP contribution in [-0.2, 0) is 20.7 Å². The van der Waals surface area contributed by atoms with Crippen LogP contribution in [0.5, 0.6) is 5.75 Å². The molecule has 3 amide bonds. The molecule has 2 aromatic rings. The standard InChI is InChI=1S/C22H28N4O6/c1-15-20(16(2)32-24-15)23-21(28)26-9-11-31-22(14-26)13-25(8-10-30-22)19(27)12-17-6-4-5-7-18(17)29-3/h4-7H,8-14H2,1-3H3,(H,23,28). The monoisotopic (exact) mass is 444 g/mol. The van der Waals surface area contributed by atoms with Crippen molar-refractivity contribution in [3.05, 3.63) is 41.3 Å². The number of hydrogen-bond acceptors (Lipinski definition) is 7. The second-order valence-corrected chi connectivity index (χ2v) is 7.96. The molecule has 10 nitrogen and oxygen atoms in total. The van der Waals surface area contributed by atoms with Crippen molar-refractivity contribution in [2.24, 2.45) is 0 Å². The summed E-state index contributed by atoms with van der Waals surface area (Å²) in [5, 5.41) is 6.72. The van der Waals surface area contributed by atoms with E-state index < -0.39 is 5.79 Å². The zero-order valence-corrected chi connectivity index (χ0v) is 18.6. The molecule has 4 rings (SSSR count). The summed E-state index contributed by atoms with van der Waals surface area (Å²) in [6.07, 6.45) is 0.219. The lowest BCUT2D eigenvalue weighted by Gasteiger charge is -2.47. The molecule has 1 spiro atoms. The average Bonchev–Trinajstić information content (AvgIpc) is 3.11. The van der Waals surface area contributed by atoms with E-state index in [1.807, 2.05) is 24.3 Å². The van der Waals surface area contributed by atoms with Gasteiger partial charge in [0.05, 0.1) is 39.8 Å². The van der Waals surface area contributed by atoms with Crippen LogP contribution in [0.15, 0.2) is 28.8 Å². The number of rotatable bonds is 4. The van der Waals surface area contributed by atoms with Crippen molar-refractivity contribution >= 4 is 17.6 Å². The maximum atomic E-state index is 13.0. The molecular formula is C22H28N4O6. The number of aromatic nitrogens is 1. The van der Waals surface area contributed by atoms with Gasteiger partial charge in [-0.2, -0.15) is 0 Å². The summed E-state index contributed by atoms with van der Waals surface area (Å²) < 4.78 is 22.4. The largest absolute Gasteiger partial charge is 0.496 e. The zero-order chi connectivity index (χ0) is 22.7. The number of methoxy groups -OCH3 is 1. The summed E-state index contributed by atoms with van der Waals surface area (Å²) in [4.78, 5) is 29.2. The normalized spacial score (nSPS) is 21.0. The molecule has 2 aliphatic heterocycles. The lowest BCUT2D eigenvalue weighted by molar-refractivity contribution is -0.284. The van der Waals surface area contributed by atoms with E-state index in [9.17, 15) is 9.59 Å². The number of amides is 3. The molecule has 172 valence electrons. The fourth-order valence-corrected chi connectivity index (χ4v) is 4.06. The molecule has 32 heavy (non-hydrogen) atoms. The minimum Gasteiger partial charge on any atom is -0.496 e. The Morgan fingerprint density at radius 1 is 1.12 bits per heavy atom. The third-order valence-corrected chi connectivity index (χ3v) is 5.76. The van der Waals surface area contributed by atoms with E-state index in [4.69, 9.17) is 18.7 Å². The average molecular weight is 444 g/mol. The Morgan fingerprint density at radius 2 is 1.81 bits per heavy atom. The van der Waals surface area contributed by atoms with Crippen LogP contribution in [0.3, 0.4) is 0 Å². The van der Waals surface area contributed by atoms with Gasteiger partial charge in [0.25, 0.3) is 0 Å². The second kappa shape index (κ2) is 9.17. The highest BCUT2D eigenvalue weighted by atomic mass is 16.7. The number of carbonyl (C=O) groups is 2. The zero-order valence-electron chi connectivity index (χ0n) is 18.6. The molecule has 1 atom stereocenters. The number of para-hydroxylation sites is 1. The Hall–Kier alpha value is -3.11. The number of benzene rings is 1. The number of nitrogens with zero attached hydrogens (tertiary/aromatic N) is 3. The Bertz CT molecular complexity index is 969. The first-order valence-corrected chi connectivity index (χ1v) is 10.6. The molecule has 1 N–H and O–H groups in total. The first-order chi connectivity index (χ1) is 15.4. The smallest absolute Gasteiger partial charge is 0.322 e. The van der Waals surface area contributed by atoms with Crippen molar-refractivity contribution in [2.75, 3.05) is 51.8 Å². The number of urea groups is 1. The van der Waals surface area contributed by atoms with Crippen LogP contribution in [0, 0.1) is 13.8 Å². The number of carbonyl (C=O) groups excluding carboxylic acids is 2. The first-order valence-electron chi connectivity index (χ1n) is 10.6. The molecule has 1 aromatic carbocycles. The maximum absolute atomic E-state index is 13.0. The fraction of sp³-hybridized carbons (Fsp3) is 0.500. The number of aryl methyl sites for hydroxylation is 2. The predicted octanol–water partition coefficient (Wildman–Crippen LogP) is 1.96. The van der Waals surface area contributed by atoms with E-state index in [2.05, 4.69) is 10.5 Å². The van der Waals surface area contributed by atoms with Gasteiger partial charge in [0.2, 0.25) is 11.7 Å². The molecular weight excluding hydrogens is 416 g/mol. The van der Waals surface area contributed by atoms with Crippen molar-refractivity contribution in [1.82, 2.24) is 15.0 Å². The molecule has 2 fully saturated rings. The van der Waals surface area contributed by atoms with Gasteiger partial charge in [-0.3, -0.25) is 4.79 Å². The number of morpholine rings is 2. The summed E-state index contributed by atoms with van der Waals surface area (Å²) in [7, 11) is 1.59. The summed E-state index contributed by atoms with van der Waals surface area (Å²) in [6.45, 7) is 5.48. The van der Waals surface area contributed by atoms with Crippen molar-refractivity contribution in [3.8, 4) is 5.75 Å². The summed E-state index contributed by atoms with van der Waals surface area (Å²) in [5.74, 6) is 0.127. The minimum atomic E-state index is -1.05. The predicted molar refractivity (Wildman–Crippen MR) is 114 cm³/mol. The Morgan fingerprint density at radius 3 is 2.50 bits per heavy atom. The van der Waals surface area contributed by atoms with Crippen LogP contribution >= 0.6 is 0 Å². The molecule has 1 aromatic heterocycles. The Balaban J connectivity index is 1.42. The quantitative estimate of drug-likeness (QED) is 0.768. The van der Waals surface area contributed by atoms with Gasteiger partial charge < -0.3 is 33.9 Å². The summed E-state index contributed by atoms with van der Waals surface area (Å²) in [5.41, 5.74) is 2.00. The Kier molecular flexibility index (Phi) is 6.33. The van der Waals surface area contributed by atoms with Gasteiger partial charge in [-0.25, -0.2) is 4.79 Å². The topological polar surface area (TPSA) is 106 Å². The first kappa shape index (κ1) is 22.1. The van der Waals surface area contributed by atoms with Crippen molar-refractivity contribution < 1.29 is 28.3 Å². The van der Waals surface area contributed by atoms with E-state index in [-0.39, 0.29) is 31.4 Å². The van der Waals surface area contributed by atoms with Crippen LogP contribution in [0.1, 0.15) is 17.0 Å². The SMILES string of the molecule is COc1ccccc1CC(=O)N1CCOC2(C1)CN(C(=O)Nc1c(C)noc1C)CCO2. The van der Waals surface area contributed by atoms with Crippen LogP contribution in [0.4, 0.5) is 10.5 Å². The summed E-state index contributed by atoms with van der Waals surface area (Å²) >= 11 is 0. The highest BCUT2D eigenvalue weighted by Crippen LogP contribution is 2.27. The van der Waals surface area contributed by atoms with Crippen molar-refractivity contribution in [3.63, 3.8) is 0 Å². The fourth-order valence-electron chi connectivity index (χ4n) is 4.06. The van der Waals surface area contributed by atoms with E-state index in [1.54, 1.807) is 30.8 Å². The number of anilines is 1. The van der Waals surface area contributed by atoms with Gasteiger partial charge in [0.15, 0.2) is 5.76 Å². The number of hydrogen-bond donors (Lipinski definition) is 1. The Labute approximate surface area is 186 Å². The van der Waals surface area contributed by atoms with Gasteiger partial charge in [-0.05, 0) is 19.9 Å². The highest BCUT2D eigenvalue weighted by Gasteiger charge is 2.44. The van der Waals surface area contributed by atoms with E-state index in [0.717, 1.165) is 5.56 Å². The highest BCUT2D eigenvalue weighted by molar-refractivity contribution is 5.90. The number of nitrogens with one attached hydrogen (secondary N) is 1. The van der Waals surface area contributed by atoms with Gasteiger partial charge in [-0.1, -0.05) is 23.4 Å². The molecule has 1 unspecified atom stereocenters. The van der Waals surface area contributed by atoms with E-state index in [1.165, 1.54) is 0 Å². The van der Waals surface area contributed by atoms with Crippen molar-refractivity contribution in [1.29, 1.82) is 0 Å². The minimum absolute atomic E-state index is 0.0435.